The van der Waals surface area contributed by atoms with E-state index in [2.05, 4.69) is 22.6 Å². The van der Waals surface area contributed by atoms with Crippen LogP contribution in [0.2, 0.25) is 0 Å². The standard InChI is InChI=1S/C19H14INO2S/c20-16-11-9-15(10-12-16)13-21-18(22)17(24-19(21)23)8-4-7-14-5-2-1-3-6-14/h1-12H,13H2/b7-4+,17-8+. The molecule has 0 atom stereocenters. The third-order valence-corrected chi connectivity index (χ3v) is 5.11. The summed E-state index contributed by atoms with van der Waals surface area (Å²) in [5.74, 6) is -0.235. The molecule has 0 unspecified atom stereocenters. The summed E-state index contributed by atoms with van der Waals surface area (Å²) < 4.78 is 1.12. The summed E-state index contributed by atoms with van der Waals surface area (Å²) in [6.07, 6.45) is 5.41. The first-order valence-corrected chi connectivity index (χ1v) is 9.24. The highest BCUT2D eigenvalue weighted by Gasteiger charge is 2.34. The van der Waals surface area contributed by atoms with Gasteiger partial charge in [0, 0.05) is 3.57 Å². The largest absolute Gasteiger partial charge is 0.293 e. The van der Waals surface area contributed by atoms with Gasteiger partial charge in [-0.25, -0.2) is 0 Å². The Labute approximate surface area is 158 Å². The van der Waals surface area contributed by atoms with Crippen molar-refractivity contribution in [1.82, 2.24) is 4.90 Å². The minimum Gasteiger partial charge on any atom is -0.268 e. The van der Waals surface area contributed by atoms with Gasteiger partial charge in [0.25, 0.3) is 11.1 Å². The van der Waals surface area contributed by atoms with E-state index in [-0.39, 0.29) is 11.1 Å². The Balaban J connectivity index is 1.70. The van der Waals surface area contributed by atoms with Gasteiger partial charge in [-0.1, -0.05) is 54.6 Å². The molecule has 24 heavy (non-hydrogen) atoms. The molecule has 0 aliphatic carbocycles. The van der Waals surface area contributed by atoms with Gasteiger partial charge in [0.1, 0.15) is 0 Å². The molecule has 0 aromatic heterocycles. The second-order valence-corrected chi connectivity index (χ2v) is 7.43. The molecule has 0 N–H and O–H groups in total. The van der Waals surface area contributed by atoms with Crippen LogP contribution in [0.15, 0.2) is 71.7 Å². The molecule has 0 radical (unpaired) electrons. The predicted molar refractivity (Wildman–Crippen MR) is 106 cm³/mol. The number of allylic oxidation sites excluding steroid dienone is 2. The van der Waals surface area contributed by atoms with E-state index in [1.54, 1.807) is 12.2 Å². The summed E-state index contributed by atoms with van der Waals surface area (Å²) in [5.41, 5.74) is 1.99. The van der Waals surface area contributed by atoms with Crippen molar-refractivity contribution >= 4 is 51.6 Å². The molecule has 0 saturated carbocycles. The Morgan fingerprint density at radius 3 is 2.42 bits per heavy atom. The highest BCUT2D eigenvalue weighted by atomic mass is 127. The average Bonchev–Trinajstić information content (AvgIpc) is 2.85. The molecule has 1 aliphatic heterocycles. The van der Waals surface area contributed by atoms with E-state index in [0.29, 0.717) is 11.4 Å². The summed E-state index contributed by atoms with van der Waals surface area (Å²) in [6.45, 7) is 0.307. The molecule has 3 rings (SSSR count). The van der Waals surface area contributed by atoms with Gasteiger partial charge in [-0.2, -0.15) is 0 Å². The molecule has 0 spiro atoms. The number of hydrogen-bond acceptors (Lipinski definition) is 3. The zero-order valence-electron chi connectivity index (χ0n) is 12.7. The minimum atomic E-state index is -0.235. The van der Waals surface area contributed by atoms with E-state index in [1.807, 2.05) is 60.7 Å². The average molecular weight is 447 g/mol. The van der Waals surface area contributed by atoms with Gasteiger partial charge in [0.2, 0.25) is 0 Å². The molecule has 2 amide bonds. The normalized spacial score (nSPS) is 16.5. The number of carbonyl (C=O) groups is 2. The Morgan fingerprint density at radius 2 is 1.71 bits per heavy atom. The summed E-state index contributed by atoms with van der Waals surface area (Å²) in [4.78, 5) is 26.3. The number of imide groups is 1. The molecule has 2 aromatic carbocycles. The predicted octanol–water partition coefficient (Wildman–Crippen LogP) is 5.08. The molecule has 5 heteroatoms. The van der Waals surface area contributed by atoms with Crippen LogP contribution in [0.4, 0.5) is 4.79 Å². The van der Waals surface area contributed by atoms with Crippen LogP contribution >= 0.6 is 34.4 Å². The van der Waals surface area contributed by atoms with Crippen molar-refractivity contribution in [2.75, 3.05) is 0 Å². The number of carbonyl (C=O) groups excluding carboxylic acids is 2. The summed E-state index contributed by atoms with van der Waals surface area (Å²) in [5, 5.41) is -0.224. The van der Waals surface area contributed by atoms with Crippen LogP contribution in [-0.2, 0) is 11.3 Å². The van der Waals surface area contributed by atoms with Crippen molar-refractivity contribution in [2.45, 2.75) is 6.54 Å². The third kappa shape index (κ3) is 4.15. The van der Waals surface area contributed by atoms with Crippen LogP contribution < -0.4 is 0 Å². The van der Waals surface area contributed by atoms with Crippen molar-refractivity contribution in [3.63, 3.8) is 0 Å². The fraction of sp³-hybridized carbons (Fsp3) is 0.0526. The van der Waals surface area contributed by atoms with E-state index in [9.17, 15) is 9.59 Å². The van der Waals surface area contributed by atoms with Gasteiger partial charge < -0.3 is 0 Å². The van der Waals surface area contributed by atoms with Crippen LogP contribution in [-0.4, -0.2) is 16.0 Å². The maximum Gasteiger partial charge on any atom is 0.293 e. The van der Waals surface area contributed by atoms with Gasteiger partial charge in [-0.15, -0.1) is 0 Å². The first kappa shape index (κ1) is 17.0. The Bertz CT molecular complexity index is 813. The number of halogens is 1. The van der Waals surface area contributed by atoms with E-state index in [1.165, 1.54) is 4.90 Å². The second-order valence-electron chi connectivity index (χ2n) is 5.19. The lowest BCUT2D eigenvalue weighted by Gasteiger charge is -2.12. The first-order valence-electron chi connectivity index (χ1n) is 7.35. The number of rotatable bonds is 4. The smallest absolute Gasteiger partial charge is 0.268 e. The fourth-order valence-electron chi connectivity index (χ4n) is 2.23. The van der Waals surface area contributed by atoms with Crippen molar-refractivity contribution in [2.24, 2.45) is 0 Å². The van der Waals surface area contributed by atoms with Crippen LogP contribution in [0.5, 0.6) is 0 Å². The molecule has 1 aliphatic rings. The summed E-state index contributed by atoms with van der Waals surface area (Å²) >= 11 is 3.21. The van der Waals surface area contributed by atoms with E-state index in [0.717, 1.165) is 26.5 Å². The summed E-state index contributed by atoms with van der Waals surface area (Å²) in [7, 11) is 0. The van der Waals surface area contributed by atoms with E-state index < -0.39 is 0 Å². The van der Waals surface area contributed by atoms with E-state index >= 15 is 0 Å². The van der Waals surface area contributed by atoms with Gasteiger partial charge in [-0.05, 0) is 63.7 Å². The van der Waals surface area contributed by atoms with Gasteiger partial charge in [-0.3, -0.25) is 14.5 Å². The van der Waals surface area contributed by atoms with Gasteiger partial charge in [0.15, 0.2) is 0 Å². The quantitative estimate of drug-likeness (QED) is 0.485. The Kier molecular flexibility index (Phi) is 5.52. The third-order valence-electron chi connectivity index (χ3n) is 3.46. The highest BCUT2D eigenvalue weighted by Crippen LogP contribution is 2.31. The van der Waals surface area contributed by atoms with E-state index in [4.69, 9.17) is 0 Å². The molecule has 1 saturated heterocycles. The number of thioether (sulfide) groups is 1. The monoisotopic (exact) mass is 447 g/mol. The SMILES string of the molecule is O=C1S/C(=C/C=C/c2ccccc2)C(=O)N1Cc1ccc(I)cc1. The lowest BCUT2D eigenvalue weighted by Crippen LogP contribution is -2.27. The molecular formula is C19H14INO2S. The molecule has 0 bridgehead atoms. The number of amides is 2. The van der Waals surface area contributed by atoms with Crippen LogP contribution in [0.3, 0.4) is 0 Å². The molecule has 3 nitrogen and oxygen atoms in total. The van der Waals surface area contributed by atoms with Crippen LogP contribution in [0.25, 0.3) is 6.08 Å². The topological polar surface area (TPSA) is 37.4 Å². The maximum absolute atomic E-state index is 12.4. The van der Waals surface area contributed by atoms with Gasteiger partial charge in [0.05, 0.1) is 11.4 Å². The molecular weight excluding hydrogens is 433 g/mol. The highest BCUT2D eigenvalue weighted by molar-refractivity contribution is 14.1. The zero-order valence-corrected chi connectivity index (χ0v) is 15.7. The van der Waals surface area contributed by atoms with Crippen molar-refractivity contribution in [1.29, 1.82) is 0 Å². The number of hydrogen-bond donors (Lipinski definition) is 0. The summed E-state index contributed by atoms with van der Waals surface area (Å²) in [6, 6.07) is 17.6. The molecule has 1 fully saturated rings. The lowest BCUT2D eigenvalue weighted by molar-refractivity contribution is -0.123. The van der Waals surface area contributed by atoms with Crippen LogP contribution in [0.1, 0.15) is 11.1 Å². The zero-order chi connectivity index (χ0) is 16.9. The van der Waals surface area contributed by atoms with Crippen LogP contribution in [0, 0.1) is 3.57 Å². The van der Waals surface area contributed by atoms with Crippen molar-refractivity contribution in [3.8, 4) is 0 Å². The van der Waals surface area contributed by atoms with Crippen molar-refractivity contribution in [3.05, 3.63) is 86.4 Å². The molecule has 120 valence electrons. The number of nitrogens with zero attached hydrogens (tertiary/aromatic N) is 1. The maximum atomic E-state index is 12.4. The Hall–Kier alpha value is -1.86. The fourth-order valence-corrected chi connectivity index (χ4v) is 3.38. The first-order chi connectivity index (χ1) is 11.6. The van der Waals surface area contributed by atoms with Crippen molar-refractivity contribution < 1.29 is 9.59 Å². The Morgan fingerprint density at radius 1 is 1.00 bits per heavy atom. The lowest BCUT2D eigenvalue weighted by atomic mass is 10.2. The molecule has 2 aromatic rings. The van der Waals surface area contributed by atoms with Gasteiger partial charge >= 0.3 is 0 Å². The molecule has 1 heterocycles. The second kappa shape index (κ2) is 7.81. The minimum absolute atomic E-state index is 0.224. The number of benzene rings is 2.